The highest BCUT2D eigenvalue weighted by atomic mass is 16.6. The van der Waals surface area contributed by atoms with Crippen molar-refractivity contribution in [2.45, 2.75) is 6.54 Å². The van der Waals surface area contributed by atoms with Gasteiger partial charge < -0.3 is 10.4 Å². The lowest BCUT2D eigenvalue weighted by Gasteiger charge is -2.22. The molecule has 0 fully saturated rings. The molecular formula is C17H23N5O5. The minimum Gasteiger partial charge on any atom is -0.395 e. The highest BCUT2D eigenvalue weighted by molar-refractivity contribution is 5.34. The molecule has 0 saturated heterocycles. The van der Waals surface area contributed by atoms with E-state index in [0.717, 1.165) is 10.1 Å². The minimum absolute atomic E-state index is 0.0284. The zero-order chi connectivity index (χ0) is 20.0. The van der Waals surface area contributed by atoms with Crippen LogP contribution in [-0.2, 0) is 20.6 Å². The van der Waals surface area contributed by atoms with Gasteiger partial charge in [-0.05, 0) is 5.56 Å². The first-order valence-electron chi connectivity index (χ1n) is 8.41. The molecule has 0 saturated carbocycles. The van der Waals surface area contributed by atoms with Crippen molar-refractivity contribution >= 4 is 11.5 Å². The van der Waals surface area contributed by atoms with Crippen LogP contribution in [0.25, 0.3) is 0 Å². The maximum absolute atomic E-state index is 11.9. The molecule has 0 atom stereocenters. The molecule has 146 valence electrons. The van der Waals surface area contributed by atoms with Crippen molar-refractivity contribution in [3.63, 3.8) is 0 Å². The van der Waals surface area contributed by atoms with Crippen molar-refractivity contribution in [1.29, 1.82) is 0 Å². The third-order valence-electron chi connectivity index (χ3n) is 4.23. The number of aliphatic hydroxyl groups is 1. The fourth-order valence-corrected chi connectivity index (χ4v) is 2.64. The van der Waals surface area contributed by atoms with E-state index in [1.807, 2.05) is 4.90 Å². The normalized spacial score (nSPS) is 11.0. The summed E-state index contributed by atoms with van der Waals surface area (Å²) >= 11 is 0. The van der Waals surface area contributed by atoms with Gasteiger partial charge in [-0.1, -0.05) is 12.1 Å². The van der Waals surface area contributed by atoms with Crippen LogP contribution in [0, 0.1) is 10.1 Å². The highest BCUT2D eigenvalue weighted by Gasteiger charge is 2.10. The molecule has 10 heteroatoms. The Morgan fingerprint density at radius 2 is 1.81 bits per heavy atom. The average molecular weight is 377 g/mol. The maximum atomic E-state index is 11.9. The molecule has 1 aromatic carbocycles. The summed E-state index contributed by atoms with van der Waals surface area (Å²) in [5.41, 5.74) is 0.109. The maximum Gasteiger partial charge on any atom is 0.332 e. The van der Waals surface area contributed by atoms with E-state index in [2.05, 4.69) is 5.32 Å². The van der Waals surface area contributed by atoms with Crippen LogP contribution in [0.4, 0.5) is 11.5 Å². The van der Waals surface area contributed by atoms with Crippen LogP contribution in [0.1, 0.15) is 5.56 Å². The van der Waals surface area contributed by atoms with Crippen molar-refractivity contribution in [1.82, 2.24) is 14.0 Å². The van der Waals surface area contributed by atoms with Crippen LogP contribution in [-0.4, -0.2) is 50.3 Å². The number of nitro benzene ring substituents is 1. The molecular weight excluding hydrogens is 354 g/mol. The molecule has 0 amide bonds. The minimum atomic E-state index is -0.451. The third kappa shape index (κ3) is 5.25. The van der Waals surface area contributed by atoms with E-state index in [-0.39, 0.29) is 12.3 Å². The number of benzene rings is 1. The lowest BCUT2D eigenvalue weighted by Crippen LogP contribution is -2.38. The van der Waals surface area contributed by atoms with Crippen LogP contribution >= 0.6 is 0 Å². The first-order chi connectivity index (χ1) is 12.8. The van der Waals surface area contributed by atoms with Crippen molar-refractivity contribution in [3.05, 3.63) is 66.8 Å². The molecule has 0 spiro atoms. The quantitative estimate of drug-likeness (QED) is 0.462. The summed E-state index contributed by atoms with van der Waals surface area (Å²) in [4.78, 5) is 35.9. The Balaban J connectivity index is 1.99. The van der Waals surface area contributed by atoms with Crippen LogP contribution in [0.2, 0.25) is 0 Å². The van der Waals surface area contributed by atoms with Crippen molar-refractivity contribution in [2.24, 2.45) is 14.1 Å². The first kappa shape index (κ1) is 20.3. The Hall–Kier alpha value is -2.98. The molecule has 1 heterocycles. The summed E-state index contributed by atoms with van der Waals surface area (Å²) in [6.07, 6.45) is 0. The highest BCUT2D eigenvalue weighted by Crippen LogP contribution is 2.13. The standard InChI is InChI=1S/C17H23N5O5/c1-19-15(11-16(24)20(2)17(19)25)18-7-8-21(9-10-23)12-13-3-5-14(6-4-13)22(26)27/h3-6,11,18,23H,7-10,12H2,1-2H3. The summed E-state index contributed by atoms with van der Waals surface area (Å²) in [5, 5.41) is 23.0. The molecule has 0 aliphatic carbocycles. The zero-order valence-corrected chi connectivity index (χ0v) is 15.3. The van der Waals surface area contributed by atoms with Gasteiger partial charge in [0.05, 0.1) is 11.5 Å². The number of aromatic nitrogens is 2. The fraction of sp³-hybridized carbons (Fsp3) is 0.412. The van der Waals surface area contributed by atoms with Gasteiger partial charge in [-0.25, -0.2) is 4.79 Å². The van der Waals surface area contributed by atoms with Crippen LogP contribution in [0.15, 0.2) is 39.9 Å². The van der Waals surface area contributed by atoms with Gasteiger partial charge in [-0.15, -0.1) is 0 Å². The Kier molecular flexibility index (Phi) is 6.85. The summed E-state index contributed by atoms with van der Waals surface area (Å²) in [6.45, 7) is 1.90. The molecule has 2 aromatic rings. The summed E-state index contributed by atoms with van der Waals surface area (Å²) in [5.74, 6) is 0.419. The van der Waals surface area contributed by atoms with Gasteiger partial charge >= 0.3 is 5.69 Å². The van der Waals surface area contributed by atoms with Crippen LogP contribution in [0.5, 0.6) is 0 Å². The summed E-state index contributed by atoms with van der Waals surface area (Å²) in [7, 11) is 2.99. The number of nitrogens with zero attached hydrogens (tertiary/aromatic N) is 4. The van der Waals surface area contributed by atoms with Crippen molar-refractivity contribution < 1.29 is 10.0 Å². The molecule has 0 aliphatic heterocycles. The second-order valence-corrected chi connectivity index (χ2v) is 6.12. The number of non-ortho nitro benzene ring substituents is 1. The van der Waals surface area contributed by atoms with Gasteiger partial charge in [-0.3, -0.25) is 28.9 Å². The van der Waals surface area contributed by atoms with Gasteiger partial charge in [0.15, 0.2) is 0 Å². The van der Waals surface area contributed by atoms with E-state index in [4.69, 9.17) is 0 Å². The van der Waals surface area contributed by atoms with Gasteiger partial charge in [0.1, 0.15) is 5.82 Å². The molecule has 0 bridgehead atoms. The molecule has 0 unspecified atom stereocenters. The van der Waals surface area contributed by atoms with Crippen molar-refractivity contribution in [3.8, 4) is 0 Å². The van der Waals surface area contributed by atoms with Gasteiger partial charge in [0, 0.05) is 58.5 Å². The SMILES string of the molecule is Cn1c(NCCN(CCO)Cc2ccc([N+](=O)[O-])cc2)cc(=O)n(C)c1=O. The Morgan fingerprint density at radius 3 is 2.41 bits per heavy atom. The molecule has 1 aromatic heterocycles. The summed E-state index contributed by atoms with van der Waals surface area (Å²) < 4.78 is 2.38. The largest absolute Gasteiger partial charge is 0.395 e. The van der Waals surface area contributed by atoms with Crippen LogP contribution in [0.3, 0.4) is 0 Å². The Morgan fingerprint density at radius 1 is 1.15 bits per heavy atom. The molecule has 2 N–H and O–H groups in total. The Labute approximate surface area is 155 Å². The van der Waals surface area contributed by atoms with E-state index in [1.165, 1.54) is 29.8 Å². The van der Waals surface area contributed by atoms with Gasteiger partial charge in [-0.2, -0.15) is 0 Å². The second-order valence-electron chi connectivity index (χ2n) is 6.12. The number of nitro groups is 1. The monoisotopic (exact) mass is 377 g/mol. The topological polar surface area (TPSA) is 123 Å². The molecule has 10 nitrogen and oxygen atoms in total. The molecule has 0 radical (unpaired) electrons. The van der Waals surface area contributed by atoms with Crippen LogP contribution < -0.4 is 16.6 Å². The number of rotatable bonds is 9. The number of hydrogen-bond acceptors (Lipinski definition) is 7. The smallest absolute Gasteiger partial charge is 0.332 e. The predicted octanol–water partition coefficient (Wildman–Crippen LogP) is -0.101. The first-order valence-corrected chi connectivity index (χ1v) is 8.41. The third-order valence-corrected chi connectivity index (χ3v) is 4.23. The van der Waals surface area contributed by atoms with Crippen molar-refractivity contribution in [2.75, 3.05) is 31.6 Å². The number of anilines is 1. The van der Waals surface area contributed by atoms with E-state index >= 15 is 0 Å². The Bertz CT molecular complexity index is 903. The molecule has 2 rings (SSSR count). The van der Waals surface area contributed by atoms with E-state index < -0.39 is 16.2 Å². The molecule has 0 aliphatic rings. The number of hydrogen-bond donors (Lipinski definition) is 2. The summed E-state index contributed by atoms with van der Waals surface area (Å²) in [6, 6.07) is 7.61. The van der Waals surface area contributed by atoms with E-state index in [1.54, 1.807) is 19.2 Å². The predicted molar refractivity (Wildman–Crippen MR) is 101 cm³/mol. The lowest BCUT2D eigenvalue weighted by atomic mass is 10.2. The van der Waals surface area contributed by atoms with E-state index in [9.17, 15) is 24.8 Å². The zero-order valence-electron chi connectivity index (χ0n) is 15.3. The number of nitrogens with one attached hydrogen (secondary N) is 1. The second kappa shape index (κ2) is 9.10. The fourth-order valence-electron chi connectivity index (χ4n) is 2.64. The van der Waals surface area contributed by atoms with Gasteiger partial charge in [0.25, 0.3) is 11.2 Å². The van der Waals surface area contributed by atoms with Gasteiger partial charge in [0.2, 0.25) is 0 Å². The number of aliphatic hydroxyl groups excluding tert-OH is 1. The lowest BCUT2D eigenvalue weighted by molar-refractivity contribution is -0.384. The molecule has 27 heavy (non-hydrogen) atoms. The van der Waals surface area contributed by atoms with E-state index in [0.29, 0.717) is 32.0 Å². The average Bonchev–Trinajstić information content (AvgIpc) is 2.64.